The molecule has 2 aliphatic heterocycles. The molecule has 1 aromatic rings. The minimum absolute atomic E-state index is 0.188. The van der Waals surface area contributed by atoms with Crippen LogP contribution in [0.2, 0.25) is 0 Å². The number of nitrogens with zero attached hydrogens (tertiary/aromatic N) is 1. The third kappa shape index (κ3) is 9.30. The topological polar surface area (TPSA) is 123 Å². The molecule has 0 saturated carbocycles. The first-order valence-corrected chi connectivity index (χ1v) is 12.0. The number of para-hydroxylation sites is 1. The molecule has 1 fully saturated rings. The number of aryl methyl sites for hydroxylation is 1. The summed E-state index contributed by atoms with van der Waals surface area (Å²) in [5.74, 6) is 0.796. The van der Waals surface area contributed by atoms with E-state index in [-0.39, 0.29) is 11.9 Å². The third-order valence-corrected chi connectivity index (χ3v) is 5.87. The minimum atomic E-state index is -0.639. The van der Waals surface area contributed by atoms with E-state index in [0.29, 0.717) is 25.4 Å². The summed E-state index contributed by atoms with van der Waals surface area (Å²) in [6.45, 7) is 7.19. The highest BCUT2D eigenvalue weighted by Gasteiger charge is 2.33. The van der Waals surface area contributed by atoms with Gasteiger partial charge in [-0.3, -0.25) is 9.69 Å². The molecule has 9 nitrogen and oxygen atoms in total. The number of primary amides is 1. The Labute approximate surface area is 202 Å². The Kier molecular flexibility index (Phi) is 10.8. The lowest BCUT2D eigenvalue weighted by Crippen LogP contribution is -2.46. The van der Waals surface area contributed by atoms with Crippen LogP contribution in [0.1, 0.15) is 52.0 Å². The van der Waals surface area contributed by atoms with Gasteiger partial charge in [-0.15, -0.1) is 0 Å². The Morgan fingerprint density at radius 1 is 1.29 bits per heavy atom. The number of amides is 2. The Morgan fingerprint density at radius 2 is 2.03 bits per heavy atom. The monoisotopic (exact) mass is 476 g/mol. The van der Waals surface area contributed by atoms with E-state index < -0.39 is 17.7 Å². The van der Waals surface area contributed by atoms with Crippen molar-refractivity contribution >= 4 is 18.3 Å². The van der Waals surface area contributed by atoms with Crippen LogP contribution >= 0.6 is 0 Å². The molecule has 0 bridgehead atoms. The fourth-order valence-corrected chi connectivity index (χ4v) is 4.12. The normalized spacial score (nSPS) is 20.7. The molecule has 0 aromatic heterocycles. The van der Waals surface area contributed by atoms with Crippen LogP contribution in [0, 0.1) is 0 Å². The molecular weight excluding hydrogens is 436 g/mol. The maximum Gasteiger partial charge on any atom is 0.408 e. The highest BCUT2D eigenvalue weighted by atomic mass is 16.6. The van der Waals surface area contributed by atoms with Crippen molar-refractivity contribution in [3.63, 3.8) is 0 Å². The van der Waals surface area contributed by atoms with Gasteiger partial charge in [-0.2, -0.15) is 0 Å². The summed E-state index contributed by atoms with van der Waals surface area (Å²) in [5.41, 5.74) is 6.12. The van der Waals surface area contributed by atoms with Crippen molar-refractivity contribution in [3.05, 3.63) is 29.8 Å². The van der Waals surface area contributed by atoms with Crippen molar-refractivity contribution in [1.29, 1.82) is 0 Å². The van der Waals surface area contributed by atoms with E-state index in [4.69, 9.17) is 15.2 Å². The van der Waals surface area contributed by atoms with Crippen LogP contribution < -0.4 is 21.1 Å². The van der Waals surface area contributed by atoms with E-state index in [0.717, 1.165) is 38.0 Å². The summed E-state index contributed by atoms with van der Waals surface area (Å²) in [7, 11) is 1.91. The van der Waals surface area contributed by atoms with Crippen molar-refractivity contribution in [2.75, 3.05) is 26.7 Å². The quantitative estimate of drug-likeness (QED) is 0.387. The largest absolute Gasteiger partial charge is 0.493 e. The maximum absolute atomic E-state index is 11.6. The lowest BCUT2D eigenvalue weighted by Gasteiger charge is -2.24. The van der Waals surface area contributed by atoms with Gasteiger partial charge in [0.05, 0.1) is 12.6 Å². The number of benzene rings is 1. The molecular formula is C25H40N4O5. The third-order valence-electron chi connectivity index (χ3n) is 5.87. The van der Waals surface area contributed by atoms with E-state index in [9.17, 15) is 14.4 Å². The van der Waals surface area contributed by atoms with E-state index in [2.05, 4.69) is 22.8 Å². The fourth-order valence-electron chi connectivity index (χ4n) is 4.12. The van der Waals surface area contributed by atoms with Crippen molar-refractivity contribution in [1.82, 2.24) is 15.5 Å². The Balaban J connectivity index is 0.000000333. The van der Waals surface area contributed by atoms with E-state index in [1.165, 1.54) is 12.0 Å². The van der Waals surface area contributed by atoms with Crippen LogP contribution in [0.3, 0.4) is 0 Å². The second kappa shape index (κ2) is 13.3. The Bertz CT molecular complexity index is 786. The van der Waals surface area contributed by atoms with Gasteiger partial charge in [-0.05, 0) is 78.1 Å². The van der Waals surface area contributed by atoms with Gasteiger partial charge in [-0.1, -0.05) is 18.2 Å². The number of carbonyl (C=O) groups is 3. The standard InChI is InChI=1S/C16H30N4O4.C9H10O/c1-16(2,3)24-15(23)19-11(10-21)9-18-8-7-12-5-6-13(14(17)22)20(12)4;1-2-6-9-8(4-1)5-3-7-10-9/h10-13,18H,5-9H2,1-4H3,(H2,17,22)(H,19,23);1-2,4,6H,3,5,7H2. The van der Waals surface area contributed by atoms with Crippen LogP contribution in [0.25, 0.3) is 0 Å². The molecule has 190 valence electrons. The number of hydrogen-bond acceptors (Lipinski definition) is 7. The maximum atomic E-state index is 11.6. The average molecular weight is 477 g/mol. The number of ether oxygens (including phenoxy) is 2. The average Bonchev–Trinajstić information content (AvgIpc) is 3.15. The molecule has 4 N–H and O–H groups in total. The molecule has 0 spiro atoms. The Morgan fingerprint density at radius 3 is 2.65 bits per heavy atom. The van der Waals surface area contributed by atoms with Gasteiger partial charge in [0.25, 0.3) is 0 Å². The zero-order valence-corrected chi connectivity index (χ0v) is 20.8. The number of carbonyl (C=O) groups excluding carboxylic acids is 3. The first kappa shape index (κ1) is 27.6. The predicted octanol–water partition coefficient (Wildman–Crippen LogP) is 2.02. The number of fused-ring (bicyclic) bond motifs is 1. The summed E-state index contributed by atoms with van der Waals surface area (Å²) in [5, 5.41) is 5.67. The van der Waals surface area contributed by atoms with Crippen LogP contribution in [0.15, 0.2) is 24.3 Å². The number of nitrogens with two attached hydrogens (primary N) is 1. The van der Waals surface area contributed by atoms with Gasteiger partial charge in [0.1, 0.15) is 23.7 Å². The second-order valence-electron chi connectivity index (χ2n) is 9.76. The Hall–Kier alpha value is -2.65. The number of rotatable bonds is 8. The summed E-state index contributed by atoms with van der Waals surface area (Å²) in [4.78, 5) is 36.0. The molecule has 3 atom stereocenters. The molecule has 3 unspecified atom stereocenters. The van der Waals surface area contributed by atoms with Gasteiger partial charge in [0.2, 0.25) is 5.91 Å². The molecule has 1 aromatic carbocycles. The number of hydrogen-bond donors (Lipinski definition) is 3. The van der Waals surface area contributed by atoms with E-state index in [1.54, 1.807) is 20.8 Å². The number of aldehydes is 1. The summed E-state index contributed by atoms with van der Waals surface area (Å²) in [6.07, 6.45) is 4.97. The molecule has 2 heterocycles. The van der Waals surface area contributed by atoms with E-state index >= 15 is 0 Å². The molecule has 0 radical (unpaired) electrons. The molecule has 34 heavy (non-hydrogen) atoms. The number of likely N-dealkylation sites (tertiary alicyclic amines) is 1. The van der Waals surface area contributed by atoms with Crippen LogP contribution in [0.5, 0.6) is 5.75 Å². The molecule has 0 aliphatic carbocycles. The van der Waals surface area contributed by atoms with Crippen LogP contribution in [-0.2, 0) is 20.7 Å². The first-order chi connectivity index (χ1) is 16.1. The van der Waals surface area contributed by atoms with Gasteiger partial charge < -0.3 is 30.6 Å². The van der Waals surface area contributed by atoms with Gasteiger partial charge in [0, 0.05) is 12.6 Å². The van der Waals surface area contributed by atoms with Gasteiger partial charge in [-0.25, -0.2) is 4.79 Å². The first-order valence-electron chi connectivity index (χ1n) is 12.0. The highest BCUT2D eigenvalue weighted by Crippen LogP contribution is 2.24. The summed E-state index contributed by atoms with van der Waals surface area (Å²) >= 11 is 0. The molecule has 3 rings (SSSR count). The summed E-state index contributed by atoms with van der Waals surface area (Å²) < 4.78 is 10.5. The number of nitrogens with one attached hydrogen (secondary N) is 2. The van der Waals surface area contributed by atoms with Crippen LogP contribution in [0.4, 0.5) is 4.79 Å². The fraction of sp³-hybridized carbons (Fsp3) is 0.640. The predicted molar refractivity (Wildman–Crippen MR) is 131 cm³/mol. The zero-order chi connectivity index (χ0) is 25.1. The van der Waals surface area contributed by atoms with Gasteiger partial charge in [0.15, 0.2) is 0 Å². The molecule has 9 heteroatoms. The molecule has 2 amide bonds. The van der Waals surface area contributed by atoms with Crippen molar-refractivity contribution in [2.24, 2.45) is 5.73 Å². The van der Waals surface area contributed by atoms with Crippen molar-refractivity contribution in [3.8, 4) is 5.75 Å². The summed E-state index contributed by atoms with van der Waals surface area (Å²) in [6, 6.07) is 7.72. The SMILES string of the molecule is CN1C(CCNCC(C=O)NC(=O)OC(C)(C)C)CCC1C(N)=O.c1ccc2c(c1)CCCO2. The number of likely N-dealkylation sites (N-methyl/N-ethyl adjacent to an activating group) is 1. The smallest absolute Gasteiger partial charge is 0.408 e. The van der Waals surface area contributed by atoms with Crippen molar-refractivity contribution < 1.29 is 23.9 Å². The van der Waals surface area contributed by atoms with Gasteiger partial charge >= 0.3 is 6.09 Å². The van der Waals surface area contributed by atoms with E-state index in [1.807, 2.05) is 24.1 Å². The molecule has 1 saturated heterocycles. The number of alkyl carbamates (subject to hydrolysis) is 1. The lowest BCUT2D eigenvalue weighted by atomic mass is 10.1. The molecule has 2 aliphatic rings. The van der Waals surface area contributed by atoms with Crippen molar-refractivity contribution in [2.45, 2.75) is 76.6 Å². The zero-order valence-electron chi connectivity index (χ0n) is 20.8. The minimum Gasteiger partial charge on any atom is -0.493 e. The second-order valence-corrected chi connectivity index (χ2v) is 9.76. The lowest BCUT2D eigenvalue weighted by molar-refractivity contribution is -0.122. The van der Waals surface area contributed by atoms with Crippen LogP contribution in [-0.4, -0.2) is 73.7 Å². The highest BCUT2D eigenvalue weighted by molar-refractivity contribution is 5.80.